The van der Waals surface area contributed by atoms with Gasteiger partial charge in [0.05, 0.1) is 11.9 Å². The van der Waals surface area contributed by atoms with Crippen LogP contribution in [0.5, 0.6) is 0 Å². The lowest BCUT2D eigenvalue weighted by Gasteiger charge is -2.23. The number of nitrogens with one attached hydrogen (secondary N) is 2. The molecule has 116 valence electrons. The van der Waals surface area contributed by atoms with Crippen LogP contribution in [0.2, 0.25) is 0 Å². The topological polar surface area (TPSA) is 57.3 Å². The van der Waals surface area contributed by atoms with Crippen molar-refractivity contribution in [2.45, 2.75) is 38.6 Å². The molecule has 1 heterocycles. The Morgan fingerprint density at radius 3 is 2.76 bits per heavy atom. The summed E-state index contributed by atoms with van der Waals surface area (Å²) in [4.78, 5) is 18.5. The largest absolute Gasteiger partial charge is 0.384 e. The monoisotopic (exact) mass is 290 g/mol. The lowest BCUT2D eigenvalue weighted by molar-refractivity contribution is 0.0942. The Bertz CT molecular complexity index is 440. The summed E-state index contributed by atoms with van der Waals surface area (Å²) in [7, 11) is 2.14. The van der Waals surface area contributed by atoms with Crippen molar-refractivity contribution in [2.75, 3.05) is 32.0 Å². The average molecular weight is 290 g/mol. The number of amides is 1. The molecule has 1 aliphatic carbocycles. The minimum atomic E-state index is -0.0992. The third-order valence-corrected chi connectivity index (χ3v) is 4.08. The highest BCUT2D eigenvalue weighted by Gasteiger charge is 2.19. The predicted octanol–water partition coefficient (Wildman–Crippen LogP) is 2.12. The van der Waals surface area contributed by atoms with Gasteiger partial charge in [0.1, 0.15) is 5.69 Å². The first-order valence-electron chi connectivity index (χ1n) is 7.89. The van der Waals surface area contributed by atoms with Gasteiger partial charge < -0.3 is 15.5 Å². The van der Waals surface area contributed by atoms with E-state index in [0.717, 1.165) is 18.8 Å². The van der Waals surface area contributed by atoms with E-state index < -0.39 is 0 Å². The van der Waals surface area contributed by atoms with Crippen molar-refractivity contribution in [3.63, 3.8) is 0 Å². The van der Waals surface area contributed by atoms with Crippen LogP contribution in [0.3, 0.4) is 0 Å². The quantitative estimate of drug-likeness (QED) is 0.807. The molecule has 0 atom stereocenters. The Balaban J connectivity index is 1.73. The average Bonchev–Trinajstić information content (AvgIpc) is 3.02. The van der Waals surface area contributed by atoms with Crippen LogP contribution in [0, 0.1) is 0 Å². The first kappa shape index (κ1) is 15.8. The highest BCUT2D eigenvalue weighted by molar-refractivity contribution is 5.92. The van der Waals surface area contributed by atoms with Crippen molar-refractivity contribution < 1.29 is 4.79 Å². The molecule has 1 saturated carbocycles. The number of anilines is 1. The van der Waals surface area contributed by atoms with Crippen LogP contribution in [0.1, 0.15) is 43.1 Å². The number of rotatable bonds is 7. The van der Waals surface area contributed by atoms with Crippen molar-refractivity contribution in [3.05, 3.63) is 24.0 Å². The van der Waals surface area contributed by atoms with Gasteiger partial charge in [0.25, 0.3) is 5.91 Å². The Kier molecular flexibility index (Phi) is 5.99. The fraction of sp³-hybridized carbons (Fsp3) is 0.625. The Labute approximate surface area is 127 Å². The van der Waals surface area contributed by atoms with E-state index in [-0.39, 0.29) is 5.91 Å². The maximum atomic E-state index is 12.0. The van der Waals surface area contributed by atoms with Crippen molar-refractivity contribution >= 4 is 11.6 Å². The van der Waals surface area contributed by atoms with E-state index in [0.29, 0.717) is 18.3 Å². The molecule has 2 rings (SSSR count). The second kappa shape index (κ2) is 7.98. The Morgan fingerprint density at radius 2 is 2.14 bits per heavy atom. The summed E-state index contributed by atoms with van der Waals surface area (Å²) >= 11 is 0. The molecule has 1 amide bonds. The minimum Gasteiger partial charge on any atom is -0.384 e. The summed E-state index contributed by atoms with van der Waals surface area (Å²) in [6.07, 6.45) is 6.95. The molecule has 5 heteroatoms. The summed E-state index contributed by atoms with van der Waals surface area (Å²) in [5.74, 6) is -0.0992. The highest BCUT2D eigenvalue weighted by atomic mass is 16.1. The minimum absolute atomic E-state index is 0.0992. The van der Waals surface area contributed by atoms with Crippen LogP contribution in [-0.2, 0) is 0 Å². The second-order valence-electron chi connectivity index (χ2n) is 5.64. The summed E-state index contributed by atoms with van der Waals surface area (Å²) in [6, 6.07) is 4.34. The van der Waals surface area contributed by atoms with Gasteiger partial charge in [-0.25, -0.2) is 4.98 Å². The van der Waals surface area contributed by atoms with Gasteiger partial charge in [-0.3, -0.25) is 4.79 Å². The van der Waals surface area contributed by atoms with Gasteiger partial charge in [0.15, 0.2) is 0 Å². The molecule has 1 aromatic rings. The molecule has 1 fully saturated rings. The number of nitrogens with zero attached hydrogens (tertiary/aromatic N) is 2. The number of carbonyl (C=O) groups excluding carboxylic acids is 1. The highest BCUT2D eigenvalue weighted by Crippen LogP contribution is 2.21. The normalized spacial score (nSPS) is 15.4. The maximum absolute atomic E-state index is 12.0. The standard InChI is InChI=1S/C16H26N4O/c1-3-17-13-8-9-15(19-12-13)16(21)18-10-11-20(2)14-6-4-5-7-14/h8-9,12,14,17H,3-7,10-11H2,1-2H3,(H,18,21). The molecule has 0 radical (unpaired) electrons. The van der Waals surface area contributed by atoms with Crippen LogP contribution >= 0.6 is 0 Å². The zero-order valence-corrected chi connectivity index (χ0v) is 13.1. The number of hydrogen-bond donors (Lipinski definition) is 2. The smallest absolute Gasteiger partial charge is 0.269 e. The van der Waals surface area contributed by atoms with E-state index in [1.54, 1.807) is 12.3 Å². The lowest BCUT2D eigenvalue weighted by Crippen LogP contribution is -2.37. The SMILES string of the molecule is CCNc1ccc(C(=O)NCCN(C)C2CCCC2)nc1. The van der Waals surface area contributed by atoms with Crippen LogP contribution in [0.25, 0.3) is 0 Å². The van der Waals surface area contributed by atoms with Gasteiger partial charge in [0, 0.05) is 25.7 Å². The van der Waals surface area contributed by atoms with Gasteiger partial charge in [-0.1, -0.05) is 12.8 Å². The van der Waals surface area contributed by atoms with Crippen LogP contribution in [0.4, 0.5) is 5.69 Å². The summed E-state index contributed by atoms with van der Waals surface area (Å²) < 4.78 is 0. The number of pyridine rings is 1. The van der Waals surface area contributed by atoms with Gasteiger partial charge in [0.2, 0.25) is 0 Å². The van der Waals surface area contributed by atoms with Crippen molar-refractivity contribution in [3.8, 4) is 0 Å². The fourth-order valence-electron chi connectivity index (χ4n) is 2.80. The van der Waals surface area contributed by atoms with E-state index in [2.05, 4.69) is 27.6 Å². The molecule has 0 aliphatic heterocycles. The molecule has 0 bridgehead atoms. The first-order chi connectivity index (χ1) is 10.2. The Hall–Kier alpha value is -1.62. The fourth-order valence-corrected chi connectivity index (χ4v) is 2.80. The number of aromatic nitrogens is 1. The number of hydrogen-bond acceptors (Lipinski definition) is 4. The van der Waals surface area contributed by atoms with E-state index >= 15 is 0 Å². The predicted molar refractivity (Wildman–Crippen MR) is 85.6 cm³/mol. The van der Waals surface area contributed by atoms with Gasteiger partial charge in [-0.05, 0) is 38.9 Å². The van der Waals surface area contributed by atoms with Crippen LogP contribution < -0.4 is 10.6 Å². The van der Waals surface area contributed by atoms with E-state index in [4.69, 9.17) is 0 Å². The molecule has 1 aromatic heterocycles. The molecule has 0 aromatic carbocycles. The van der Waals surface area contributed by atoms with Crippen molar-refractivity contribution in [2.24, 2.45) is 0 Å². The molecule has 1 aliphatic rings. The van der Waals surface area contributed by atoms with E-state index in [1.165, 1.54) is 25.7 Å². The molecule has 0 spiro atoms. The van der Waals surface area contributed by atoms with E-state index in [1.807, 2.05) is 13.0 Å². The molecule has 2 N–H and O–H groups in total. The summed E-state index contributed by atoms with van der Waals surface area (Å²) in [5, 5.41) is 6.10. The van der Waals surface area contributed by atoms with Crippen LogP contribution in [0.15, 0.2) is 18.3 Å². The molecule has 21 heavy (non-hydrogen) atoms. The molecular formula is C16H26N4O. The van der Waals surface area contributed by atoms with Crippen molar-refractivity contribution in [1.29, 1.82) is 0 Å². The molecule has 0 saturated heterocycles. The maximum Gasteiger partial charge on any atom is 0.269 e. The molecular weight excluding hydrogens is 264 g/mol. The number of likely N-dealkylation sites (N-methyl/N-ethyl adjacent to an activating group) is 1. The lowest BCUT2D eigenvalue weighted by atomic mass is 10.2. The zero-order valence-electron chi connectivity index (χ0n) is 13.1. The second-order valence-corrected chi connectivity index (χ2v) is 5.64. The molecule has 0 unspecified atom stereocenters. The van der Waals surface area contributed by atoms with Gasteiger partial charge in [-0.15, -0.1) is 0 Å². The molecule has 5 nitrogen and oxygen atoms in total. The van der Waals surface area contributed by atoms with E-state index in [9.17, 15) is 4.79 Å². The number of carbonyl (C=O) groups is 1. The third kappa shape index (κ3) is 4.70. The summed E-state index contributed by atoms with van der Waals surface area (Å²) in [6.45, 7) is 4.44. The first-order valence-corrected chi connectivity index (χ1v) is 7.89. The third-order valence-electron chi connectivity index (χ3n) is 4.08. The summed E-state index contributed by atoms with van der Waals surface area (Å²) in [5.41, 5.74) is 1.41. The van der Waals surface area contributed by atoms with Crippen molar-refractivity contribution in [1.82, 2.24) is 15.2 Å². The zero-order chi connectivity index (χ0) is 15.1. The Morgan fingerprint density at radius 1 is 1.38 bits per heavy atom. The van der Waals surface area contributed by atoms with Crippen LogP contribution in [-0.4, -0.2) is 48.5 Å². The van der Waals surface area contributed by atoms with Gasteiger partial charge in [-0.2, -0.15) is 0 Å². The van der Waals surface area contributed by atoms with Gasteiger partial charge >= 0.3 is 0 Å².